The highest BCUT2D eigenvalue weighted by molar-refractivity contribution is 5.94. The lowest BCUT2D eigenvalue weighted by Crippen LogP contribution is -2.31. The Hall–Kier alpha value is -3.86. The van der Waals surface area contributed by atoms with Crippen LogP contribution in [0, 0.1) is 0 Å². The lowest BCUT2D eigenvalue weighted by molar-refractivity contribution is -0.192. The molecule has 34 heavy (non-hydrogen) atoms. The molecule has 180 valence electrons. The number of fused-ring (bicyclic) bond motifs is 1. The van der Waals surface area contributed by atoms with Crippen molar-refractivity contribution in [3.8, 4) is 5.75 Å². The summed E-state index contributed by atoms with van der Waals surface area (Å²) in [4.78, 5) is 21.2. The van der Waals surface area contributed by atoms with Gasteiger partial charge < -0.3 is 20.3 Å². The number of carbonyl (C=O) groups is 2. The number of carboxylic acid groups (broad SMARTS) is 1. The van der Waals surface area contributed by atoms with Gasteiger partial charge in [-0.05, 0) is 41.8 Å². The quantitative estimate of drug-likeness (QED) is 0.520. The molecule has 3 N–H and O–H groups in total. The summed E-state index contributed by atoms with van der Waals surface area (Å²) in [5, 5.41) is 24.0. The van der Waals surface area contributed by atoms with Gasteiger partial charge in [0.05, 0.1) is 18.8 Å². The number of rotatable bonds is 5. The number of benzene rings is 2. The van der Waals surface area contributed by atoms with E-state index in [1.807, 2.05) is 22.9 Å². The highest BCUT2D eigenvalue weighted by Crippen LogP contribution is 2.25. The van der Waals surface area contributed by atoms with E-state index in [0.717, 1.165) is 12.1 Å². The second-order valence-electron chi connectivity index (χ2n) is 7.39. The highest BCUT2D eigenvalue weighted by Gasteiger charge is 2.38. The van der Waals surface area contributed by atoms with Crippen molar-refractivity contribution in [2.45, 2.75) is 25.2 Å². The summed E-state index contributed by atoms with van der Waals surface area (Å²) < 4.78 is 39.5. The third kappa shape index (κ3) is 6.82. The molecule has 0 bridgehead atoms. The van der Waals surface area contributed by atoms with Gasteiger partial charge in [-0.1, -0.05) is 30.3 Å². The molecule has 0 radical (unpaired) electrons. The largest absolute Gasteiger partial charge is 0.508 e. The lowest BCUT2D eigenvalue weighted by Gasteiger charge is -2.22. The number of carbonyl (C=O) groups excluding carboxylic acids is 1. The maximum atomic E-state index is 12.3. The van der Waals surface area contributed by atoms with Gasteiger partial charge in [-0.3, -0.25) is 9.48 Å². The molecule has 0 fully saturated rings. The molecule has 3 aromatic rings. The molecular weight excluding hydrogens is 455 g/mol. The van der Waals surface area contributed by atoms with Gasteiger partial charge in [0.25, 0.3) is 5.91 Å². The fourth-order valence-corrected chi connectivity index (χ4v) is 3.24. The number of aromatic hydroxyl groups is 1. The van der Waals surface area contributed by atoms with E-state index in [9.17, 15) is 23.1 Å². The summed E-state index contributed by atoms with van der Waals surface area (Å²) in [6, 6.07) is 16.4. The molecule has 1 aromatic heterocycles. The first-order valence-electron chi connectivity index (χ1n) is 10.2. The van der Waals surface area contributed by atoms with Gasteiger partial charge in [-0.2, -0.15) is 18.3 Å². The number of phenols is 1. The van der Waals surface area contributed by atoms with Gasteiger partial charge >= 0.3 is 12.1 Å². The second-order valence-corrected chi connectivity index (χ2v) is 7.39. The van der Waals surface area contributed by atoms with E-state index in [2.05, 4.69) is 23.6 Å². The second kappa shape index (κ2) is 10.8. The van der Waals surface area contributed by atoms with Crippen LogP contribution in [0.1, 0.15) is 33.3 Å². The van der Waals surface area contributed by atoms with E-state index in [1.165, 1.54) is 23.3 Å². The Labute approximate surface area is 192 Å². The molecule has 0 spiro atoms. The van der Waals surface area contributed by atoms with Crippen molar-refractivity contribution in [1.82, 2.24) is 15.1 Å². The Morgan fingerprint density at radius 1 is 1.12 bits per heavy atom. The van der Waals surface area contributed by atoms with Gasteiger partial charge in [0.2, 0.25) is 0 Å². The number of alkyl halides is 3. The molecule has 1 aliphatic heterocycles. The molecule has 0 aliphatic carbocycles. The molecule has 0 saturated carbocycles. The van der Waals surface area contributed by atoms with Crippen molar-refractivity contribution in [2.24, 2.45) is 0 Å². The third-order valence-corrected chi connectivity index (χ3v) is 4.87. The number of hydrogen-bond donors (Lipinski definition) is 3. The summed E-state index contributed by atoms with van der Waals surface area (Å²) in [5.74, 6) is -2.82. The van der Waals surface area contributed by atoms with Crippen LogP contribution in [0.2, 0.25) is 0 Å². The molecular formula is C23H22F3N3O5. The van der Waals surface area contributed by atoms with Crippen molar-refractivity contribution in [2.75, 3.05) is 13.2 Å². The maximum absolute atomic E-state index is 12.3. The van der Waals surface area contributed by atoms with Crippen molar-refractivity contribution in [3.63, 3.8) is 0 Å². The van der Waals surface area contributed by atoms with Gasteiger partial charge in [0.15, 0.2) is 0 Å². The summed E-state index contributed by atoms with van der Waals surface area (Å²) in [6.07, 6.45) is -2.45. The van der Waals surface area contributed by atoms with E-state index in [1.54, 1.807) is 12.1 Å². The number of carboxylic acids is 1. The Bertz CT molecular complexity index is 1120. The van der Waals surface area contributed by atoms with E-state index in [0.29, 0.717) is 25.3 Å². The fraction of sp³-hybridized carbons (Fsp3) is 0.261. The van der Waals surface area contributed by atoms with E-state index < -0.39 is 12.1 Å². The molecule has 2 aromatic carbocycles. The molecule has 0 saturated heterocycles. The topological polar surface area (TPSA) is 114 Å². The lowest BCUT2D eigenvalue weighted by atomic mass is 10.1. The first kappa shape index (κ1) is 24.8. The van der Waals surface area contributed by atoms with Crippen LogP contribution in [0.15, 0.2) is 60.8 Å². The predicted octanol–water partition coefficient (Wildman–Crippen LogP) is 3.31. The Kier molecular flexibility index (Phi) is 7.90. The Morgan fingerprint density at radius 2 is 1.76 bits per heavy atom. The zero-order chi connectivity index (χ0) is 24.7. The molecule has 1 atom stereocenters. The summed E-state index contributed by atoms with van der Waals surface area (Å²) in [5.41, 5.74) is 3.75. The number of phenolic OH excluding ortho intramolecular Hbond substituents is 1. The minimum absolute atomic E-state index is 0.135. The van der Waals surface area contributed by atoms with Crippen LogP contribution in [0.25, 0.3) is 0 Å². The van der Waals surface area contributed by atoms with Crippen LogP contribution < -0.4 is 5.32 Å². The zero-order valence-electron chi connectivity index (χ0n) is 17.8. The number of hydrogen-bond acceptors (Lipinski definition) is 5. The highest BCUT2D eigenvalue weighted by atomic mass is 19.4. The number of aromatic nitrogens is 2. The molecule has 1 amide bonds. The van der Waals surface area contributed by atoms with Crippen LogP contribution in [-0.2, 0) is 22.5 Å². The fourth-order valence-electron chi connectivity index (χ4n) is 3.24. The van der Waals surface area contributed by atoms with E-state index in [-0.39, 0.29) is 17.8 Å². The zero-order valence-corrected chi connectivity index (χ0v) is 17.8. The molecule has 1 aliphatic rings. The molecule has 1 unspecified atom stereocenters. The Balaban J connectivity index is 0.000000406. The number of amides is 1. The van der Waals surface area contributed by atoms with Crippen LogP contribution in [0.5, 0.6) is 5.75 Å². The van der Waals surface area contributed by atoms with Crippen molar-refractivity contribution in [3.05, 3.63) is 83.2 Å². The first-order valence-corrected chi connectivity index (χ1v) is 10.2. The summed E-state index contributed by atoms with van der Waals surface area (Å²) in [7, 11) is 0. The summed E-state index contributed by atoms with van der Waals surface area (Å²) >= 11 is 0. The Morgan fingerprint density at radius 3 is 2.38 bits per heavy atom. The minimum Gasteiger partial charge on any atom is -0.508 e. The maximum Gasteiger partial charge on any atom is 0.490 e. The summed E-state index contributed by atoms with van der Waals surface area (Å²) in [6.45, 7) is 1.68. The molecule has 11 heteroatoms. The number of aliphatic carboxylic acids is 1. The molecule has 2 heterocycles. The van der Waals surface area contributed by atoms with Crippen LogP contribution in [0.3, 0.4) is 0 Å². The van der Waals surface area contributed by atoms with Gasteiger partial charge in [0.1, 0.15) is 11.9 Å². The van der Waals surface area contributed by atoms with Crippen molar-refractivity contribution in [1.29, 1.82) is 0 Å². The van der Waals surface area contributed by atoms with Crippen LogP contribution >= 0.6 is 0 Å². The van der Waals surface area contributed by atoms with Gasteiger partial charge in [-0.15, -0.1) is 0 Å². The smallest absolute Gasteiger partial charge is 0.490 e. The monoisotopic (exact) mass is 477 g/mol. The van der Waals surface area contributed by atoms with E-state index >= 15 is 0 Å². The predicted molar refractivity (Wildman–Crippen MR) is 114 cm³/mol. The van der Waals surface area contributed by atoms with Gasteiger partial charge in [0, 0.05) is 18.3 Å². The van der Waals surface area contributed by atoms with Gasteiger partial charge in [-0.25, -0.2) is 4.79 Å². The van der Waals surface area contributed by atoms with Crippen LogP contribution in [0.4, 0.5) is 13.2 Å². The third-order valence-electron chi connectivity index (χ3n) is 4.87. The SMILES string of the molecule is O=C(NCC1OCCc2cn(Cc3ccccc3)nc21)c1ccc(O)cc1.O=C(O)C(F)(F)F. The number of nitrogens with zero attached hydrogens (tertiary/aromatic N) is 2. The standard InChI is InChI=1S/C21H21N3O3.C2HF3O2/c25-18-8-6-16(7-9-18)21(26)22-12-19-20-17(10-11-27-19)14-24(23-20)13-15-4-2-1-3-5-15;3-2(4,5)1(6)7/h1-9,14,19,25H,10-13H2,(H,22,26);(H,6,7). The first-order chi connectivity index (χ1) is 16.1. The average Bonchev–Trinajstić information content (AvgIpc) is 3.21. The minimum atomic E-state index is -5.08. The number of nitrogens with one attached hydrogen (secondary N) is 1. The van der Waals surface area contributed by atoms with Crippen molar-refractivity contribution >= 4 is 11.9 Å². The van der Waals surface area contributed by atoms with Crippen LogP contribution in [-0.4, -0.2) is 51.2 Å². The number of halogens is 3. The average molecular weight is 477 g/mol. The van der Waals surface area contributed by atoms with E-state index in [4.69, 9.17) is 19.7 Å². The van der Waals surface area contributed by atoms with Crippen molar-refractivity contribution < 1.29 is 37.7 Å². The molecule has 8 nitrogen and oxygen atoms in total. The normalized spacial score (nSPS) is 15.0. The molecule has 4 rings (SSSR count). The number of ether oxygens (including phenoxy) is 1.